The van der Waals surface area contributed by atoms with Crippen LogP contribution in [-0.2, 0) is 4.79 Å². The second-order valence-corrected chi connectivity index (χ2v) is 4.90. The van der Waals surface area contributed by atoms with Gasteiger partial charge in [0.25, 0.3) is 5.69 Å². The number of hydrogen-bond donors (Lipinski definition) is 1. The molecule has 1 N–H and O–H groups in total. The van der Waals surface area contributed by atoms with E-state index in [1.165, 1.54) is 12.1 Å². The van der Waals surface area contributed by atoms with Gasteiger partial charge in [0.05, 0.1) is 10.8 Å². The SMILES string of the molecule is CC1CN(c2ccc(C#N)c([N+](=O)[O-])c2)CC1C(=O)O. The van der Waals surface area contributed by atoms with Crippen molar-refractivity contribution in [1.29, 1.82) is 5.26 Å². The summed E-state index contributed by atoms with van der Waals surface area (Å²) in [6.45, 7) is 2.69. The maximum Gasteiger partial charge on any atom is 0.308 e. The number of nitrogens with zero attached hydrogens (tertiary/aromatic N) is 3. The normalized spacial score (nSPS) is 21.5. The van der Waals surface area contributed by atoms with Crippen molar-refractivity contribution in [2.24, 2.45) is 11.8 Å². The van der Waals surface area contributed by atoms with Crippen LogP contribution in [0.4, 0.5) is 11.4 Å². The molecule has 0 radical (unpaired) electrons. The summed E-state index contributed by atoms with van der Waals surface area (Å²) < 4.78 is 0. The lowest BCUT2D eigenvalue weighted by molar-refractivity contribution is -0.385. The van der Waals surface area contributed by atoms with Gasteiger partial charge in [-0.25, -0.2) is 0 Å². The van der Waals surface area contributed by atoms with Gasteiger partial charge < -0.3 is 10.0 Å². The molecular formula is C13H13N3O4. The average Bonchev–Trinajstić information content (AvgIpc) is 2.80. The third-order valence-electron chi connectivity index (χ3n) is 3.59. The van der Waals surface area contributed by atoms with Gasteiger partial charge in [0.15, 0.2) is 0 Å². The number of aliphatic carboxylic acids is 1. The number of nitro groups is 1. The number of carbonyl (C=O) groups is 1. The second-order valence-electron chi connectivity index (χ2n) is 4.90. The van der Waals surface area contributed by atoms with Gasteiger partial charge in [0.2, 0.25) is 0 Å². The molecule has 0 amide bonds. The van der Waals surface area contributed by atoms with Crippen molar-refractivity contribution in [1.82, 2.24) is 0 Å². The van der Waals surface area contributed by atoms with Crippen LogP contribution in [0.2, 0.25) is 0 Å². The largest absolute Gasteiger partial charge is 0.481 e. The molecule has 1 fully saturated rings. The molecule has 2 atom stereocenters. The molecule has 0 spiro atoms. The van der Waals surface area contributed by atoms with Crippen LogP contribution in [0.25, 0.3) is 0 Å². The fourth-order valence-electron chi connectivity index (χ4n) is 2.46. The van der Waals surface area contributed by atoms with E-state index in [-0.39, 0.29) is 17.2 Å². The van der Waals surface area contributed by atoms with Crippen molar-refractivity contribution in [3.05, 3.63) is 33.9 Å². The van der Waals surface area contributed by atoms with Crippen LogP contribution in [0.1, 0.15) is 12.5 Å². The van der Waals surface area contributed by atoms with E-state index in [0.29, 0.717) is 18.8 Å². The lowest BCUT2D eigenvalue weighted by Crippen LogP contribution is -2.23. The molecule has 7 nitrogen and oxygen atoms in total. The first-order valence-corrected chi connectivity index (χ1v) is 6.10. The minimum atomic E-state index is -0.858. The van der Waals surface area contributed by atoms with Gasteiger partial charge in [-0.1, -0.05) is 6.92 Å². The summed E-state index contributed by atoms with van der Waals surface area (Å²) in [6, 6.07) is 6.11. The molecule has 0 aromatic heterocycles. The zero-order chi connectivity index (χ0) is 14.9. The van der Waals surface area contributed by atoms with Crippen LogP contribution in [0, 0.1) is 33.3 Å². The monoisotopic (exact) mass is 275 g/mol. The molecular weight excluding hydrogens is 262 g/mol. The Morgan fingerprint density at radius 2 is 2.25 bits per heavy atom. The maximum atomic E-state index is 11.1. The first-order chi connectivity index (χ1) is 9.43. The fourth-order valence-corrected chi connectivity index (χ4v) is 2.46. The van der Waals surface area contributed by atoms with E-state index in [1.807, 2.05) is 6.92 Å². The summed E-state index contributed by atoms with van der Waals surface area (Å²) in [7, 11) is 0. The van der Waals surface area contributed by atoms with Gasteiger partial charge in [0, 0.05) is 24.8 Å². The van der Waals surface area contributed by atoms with Gasteiger partial charge in [-0.2, -0.15) is 5.26 Å². The van der Waals surface area contributed by atoms with E-state index in [0.717, 1.165) is 0 Å². The molecule has 2 rings (SSSR count). The smallest absolute Gasteiger partial charge is 0.308 e. The standard InChI is InChI=1S/C13H13N3O4/c1-8-6-15(7-11(8)13(17)18)10-3-2-9(5-14)12(4-10)16(19)20/h2-4,8,11H,6-7H2,1H3,(H,17,18). The van der Waals surface area contributed by atoms with Crippen molar-refractivity contribution in [3.8, 4) is 6.07 Å². The highest BCUT2D eigenvalue weighted by atomic mass is 16.6. The number of hydrogen-bond acceptors (Lipinski definition) is 5. The van der Waals surface area contributed by atoms with Crippen molar-refractivity contribution in [2.75, 3.05) is 18.0 Å². The number of rotatable bonds is 3. The molecule has 1 heterocycles. The van der Waals surface area contributed by atoms with E-state index >= 15 is 0 Å². The number of anilines is 1. The van der Waals surface area contributed by atoms with Crippen molar-refractivity contribution >= 4 is 17.3 Å². The molecule has 1 aromatic carbocycles. The van der Waals surface area contributed by atoms with Crippen LogP contribution >= 0.6 is 0 Å². The third-order valence-corrected chi connectivity index (χ3v) is 3.59. The number of benzene rings is 1. The van der Waals surface area contributed by atoms with Crippen molar-refractivity contribution in [2.45, 2.75) is 6.92 Å². The average molecular weight is 275 g/mol. The van der Waals surface area contributed by atoms with Gasteiger partial charge in [-0.15, -0.1) is 0 Å². The third kappa shape index (κ3) is 2.40. The van der Waals surface area contributed by atoms with Crippen LogP contribution in [0.3, 0.4) is 0 Å². The number of carboxylic acids is 1. The molecule has 1 aliphatic rings. The topological polar surface area (TPSA) is 107 Å². The molecule has 1 aliphatic heterocycles. The number of nitriles is 1. The molecule has 20 heavy (non-hydrogen) atoms. The van der Waals surface area contributed by atoms with Gasteiger partial charge in [-0.3, -0.25) is 14.9 Å². The quantitative estimate of drug-likeness (QED) is 0.663. The molecule has 1 saturated heterocycles. The summed E-state index contributed by atoms with van der Waals surface area (Å²) in [5, 5.41) is 28.9. The van der Waals surface area contributed by atoms with Crippen molar-refractivity contribution in [3.63, 3.8) is 0 Å². The van der Waals surface area contributed by atoms with Gasteiger partial charge >= 0.3 is 5.97 Å². The Morgan fingerprint density at radius 3 is 2.75 bits per heavy atom. The van der Waals surface area contributed by atoms with Gasteiger partial charge in [0.1, 0.15) is 11.6 Å². The minimum absolute atomic E-state index is 0.000722. The predicted molar refractivity (Wildman–Crippen MR) is 70.3 cm³/mol. The predicted octanol–water partition coefficient (Wildman–Crippen LogP) is 1.62. The van der Waals surface area contributed by atoms with Gasteiger partial charge in [-0.05, 0) is 18.1 Å². The van der Waals surface area contributed by atoms with Crippen LogP contribution < -0.4 is 4.90 Å². The van der Waals surface area contributed by atoms with Crippen LogP contribution in [-0.4, -0.2) is 29.1 Å². The van der Waals surface area contributed by atoms with Crippen LogP contribution in [0.15, 0.2) is 18.2 Å². The first-order valence-electron chi connectivity index (χ1n) is 6.10. The van der Waals surface area contributed by atoms with E-state index in [9.17, 15) is 14.9 Å². The highest BCUT2D eigenvalue weighted by molar-refractivity contribution is 5.73. The van der Waals surface area contributed by atoms with E-state index in [4.69, 9.17) is 10.4 Å². The molecule has 0 saturated carbocycles. The zero-order valence-corrected chi connectivity index (χ0v) is 10.8. The highest BCUT2D eigenvalue weighted by Gasteiger charge is 2.35. The highest BCUT2D eigenvalue weighted by Crippen LogP contribution is 2.31. The number of carboxylic acid groups (broad SMARTS) is 1. The first kappa shape index (κ1) is 13.8. The molecule has 104 valence electrons. The Hall–Kier alpha value is -2.62. The Balaban J connectivity index is 2.31. The molecule has 0 aliphatic carbocycles. The summed E-state index contributed by atoms with van der Waals surface area (Å²) in [5.41, 5.74) is 0.323. The lowest BCUT2D eigenvalue weighted by atomic mass is 9.99. The maximum absolute atomic E-state index is 11.1. The summed E-state index contributed by atoms with van der Waals surface area (Å²) in [5.74, 6) is -1.37. The lowest BCUT2D eigenvalue weighted by Gasteiger charge is -2.18. The Bertz CT molecular complexity index is 608. The Labute approximate surface area is 115 Å². The van der Waals surface area contributed by atoms with E-state index in [2.05, 4.69) is 0 Å². The Morgan fingerprint density at radius 1 is 1.55 bits per heavy atom. The second kappa shape index (κ2) is 5.17. The molecule has 1 aromatic rings. The number of nitro benzene ring substituents is 1. The Kier molecular flexibility index (Phi) is 3.57. The van der Waals surface area contributed by atoms with E-state index in [1.54, 1.807) is 17.0 Å². The molecule has 7 heteroatoms. The fraction of sp³-hybridized carbons (Fsp3) is 0.385. The summed E-state index contributed by atoms with van der Waals surface area (Å²) >= 11 is 0. The summed E-state index contributed by atoms with van der Waals surface area (Å²) in [4.78, 5) is 23.2. The van der Waals surface area contributed by atoms with Crippen LogP contribution in [0.5, 0.6) is 0 Å². The van der Waals surface area contributed by atoms with E-state index < -0.39 is 16.8 Å². The molecule has 2 unspecified atom stereocenters. The zero-order valence-electron chi connectivity index (χ0n) is 10.8. The minimum Gasteiger partial charge on any atom is -0.481 e. The summed E-state index contributed by atoms with van der Waals surface area (Å²) in [6.07, 6.45) is 0. The molecule has 0 bridgehead atoms. The van der Waals surface area contributed by atoms with Crippen molar-refractivity contribution < 1.29 is 14.8 Å².